The van der Waals surface area contributed by atoms with E-state index < -0.39 is 0 Å². The number of hydrazine groups is 2. The van der Waals surface area contributed by atoms with Crippen molar-refractivity contribution in [2.24, 2.45) is 5.73 Å². The second kappa shape index (κ2) is 5.31. The molecule has 0 spiro atoms. The molecule has 0 unspecified atom stereocenters. The molecular weight excluding hydrogens is 299 g/mol. The number of rotatable bonds is 1. The molecular formula is C16H15FN4O2. The Bertz CT molecular complexity index is 817. The lowest BCUT2D eigenvalue weighted by molar-refractivity contribution is 0.388. The Kier molecular flexibility index (Phi) is 3.44. The Balaban J connectivity index is 0.00000156. The van der Waals surface area contributed by atoms with E-state index in [0.717, 1.165) is 11.3 Å². The van der Waals surface area contributed by atoms with Gasteiger partial charge in [-0.15, -0.1) is 5.53 Å². The second-order valence-electron chi connectivity index (χ2n) is 5.07. The molecule has 2 heterocycles. The molecule has 0 amide bonds. The first-order valence-electron chi connectivity index (χ1n) is 6.77. The fraction of sp³-hybridized carbons (Fsp3) is 0. The lowest BCUT2D eigenvalue weighted by atomic mass is 10.0. The van der Waals surface area contributed by atoms with Crippen molar-refractivity contribution in [3.8, 4) is 0 Å². The SMILES string of the molecule is NC1=CC2=C(O)N(c3ccc(F)cc3)NN2c2ccccc21.O. The van der Waals surface area contributed by atoms with E-state index in [9.17, 15) is 9.50 Å². The van der Waals surface area contributed by atoms with Crippen LogP contribution in [-0.2, 0) is 0 Å². The van der Waals surface area contributed by atoms with E-state index >= 15 is 0 Å². The third kappa shape index (κ3) is 2.19. The Morgan fingerprint density at radius 3 is 2.43 bits per heavy atom. The molecule has 2 aliphatic rings. The van der Waals surface area contributed by atoms with Gasteiger partial charge in [-0.3, -0.25) is 5.01 Å². The van der Waals surface area contributed by atoms with Gasteiger partial charge in [-0.25, -0.2) is 9.40 Å². The Hall–Kier alpha value is -3.03. The highest BCUT2D eigenvalue weighted by molar-refractivity contribution is 5.84. The van der Waals surface area contributed by atoms with Gasteiger partial charge in [0.2, 0.25) is 5.88 Å². The van der Waals surface area contributed by atoms with Gasteiger partial charge in [-0.1, -0.05) is 18.2 Å². The summed E-state index contributed by atoms with van der Waals surface area (Å²) in [5, 5.41) is 13.7. The minimum Gasteiger partial charge on any atom is -0.492 e. The molecule has 2 aromatic carbocycles. The highest BCUT2D eigenvalue weighted by Gasteiger charge is 2.33. The van der Waals surface area contributed by atoms with Gasteiger partial charge in [-0.05, 0) is 36.4 Å². The molecule has 0 atom stereocenters. The van der Waals surface area contributed by atoms with Gasteiger partial charge in [0, 0.05) is 11.3 Å². The van der Waals surface area contributed by atoms with Crippen molar-refractivity contribution in [1.29, 1.82) is 0 Å². The van der Waals surface area contributed by atoms with Crippen LogP contribution in [0.25, 0.3) is 5.70 Å². The number of aliphatic hydroxyl groups is 1. The number of hydrogen-bond donors (Lipinski definition) is 3. The molecule has 6 N–H and O–H groups in total. The number of hydrogen-bond acceptors (Lipinski definition) is 5. The molecule has 0 radical (unpaired) electrons. The van der Waals surface area contributed by atoms with Crippen molar-refractivity contribution in [1.82, 2.24) is 5.53 Å². The molecule has 4 rings (SSSR count). The van der Waals surface area contributed by atoms with E-state index in [1.807, 2.05) is 24.3 Å². The van der Waals surface area contributed by atoms with Crippen LogP contribution < -0.4 is 21.3 Å². The summed E-state index contributed by atoms with van der Waals surface area (Å²) in [5.41, 5.74) is 12.6. The monoisotopic (exact) mass is 314 g/mol. The van der Waals surface area contributed by atoms with Crippen molar-refractivity contribution in [2.75, 3.05) is 10.0 Å². The summed E-state index contributed by atoms with van der Waals surface area (Å²) in [5.74, 6) is -0.327. The third-order valence-corrected chi connectivity index (χ3v) is 3.71. The maximum absolute atomic E-state index is 13.1. The van der Waals surface area contributed by atoms with Crippen molar-refractivity contribution in [3.63, 3.8) is 0 Å². The number of halogens is 1. The first-order valence-corrected chi connectivity index (χ1v) is 6.77. The predicted molar refractivity (Wildman–Crippen MR) is 86.4 cm³/mol. The minimum atomic E-state index is -0.331. The number of anilines is 2. The van der Waals surface area contributed by atoms with Gasteiger partial charge in [-0.2, -0.15) is 0 Å². The zero-order chi connectivity index (χ0) is 15.3. The van der Waals surface area contributed by atoms with E-state index in [1.54, 1.807) is 23.2 Å². The van der Waals surface area contributed by atoms with Crippen molar-refractivity contribution in [3.05, 3.63) is 77.6 Å². The Morgan fingerprint density at radius 1 is 1.00 bits per heavy atom. The minimum absolute atomic E-state index is 0. The van der Waals surface area contributed by atoms with Gasteiger partial charge in [0.15, 0.2) is 0 Å². The maximum atomic E-state index is 13.1. The summed E-state index contributed by atoms with van der Waals surface area (Å²) in [6.45, 7) is 0. The predicted octanol–water partition coefficient (Wildman–Crippen LogP) is 1.79. The van der Waals surface area contributed by atoms with Crippen LogP contribution in [0.2, 0.25) is 0 Å². The van der Waals surface area contributed by atoms with E-state index in [-0.39, 0.29) is 17.2 Å². The fourth-order valence-electron chi connectivity index (χ4n) is 2.64. The average molecular weight is 314 g/mol. The molecule has 0 fully saturated rings. The highest BCUT2D eigenvalue weighted by atomic mass is 19.1. The number of benzene rings is 2. The van der Waals surface area contributed by atoms with Crippen LogP contribution in [0.5, 0.6) is 0 Å². The van der Waals surface area contributed by atoms with Crippen molar-refractivity contribution < 1.29 is 15.0 Å². The molecule has 0 saturated heterocycles. The average Bonchev–Trinajstić information content (AvgIpc) is 2.86. The lowest BCUT2D eigenvalue weighted by Gasteiger charge is -2.28. The summed E-state index contributed by atoms with van der Waals surface area (Å²) in [6, 6.07) is 13.5. The summed E-state index contributed by atoms with van der Waals surface area (Å²) < 4.78 is 13.1. The van der Waals surface area contributed by atoms with Crippen LogP contribution in [0.3, 0.4) is 0 Å². The quantitative estimate of drug-likeness (QED) is 0.746. The molecule has 23 heavy (non-hydrogen) atoms. The zero-order valence-electron chi connectivity index (χ0n) is 12.0. The molecule has 2 aliphatic heterocycles. The van der Waals surface area contributed by atoms with Crippen LogP contribution in [-0.4, -0.2) is 10.6 Å². The number of nitrogens with zero attached hydrogens (tertiary/aromatic N) is 2. The largest absolute Gasteiger partial charge is 0.492 e. The lowest BCUT2D eigenvalue weighted by Crippen LogP contribution is -2.42. The summed E-state index contributed by atoms with van der Waals surface area (Å²) in [6.07, 6.45) is 1.70. The number of para-hydroxylation sites is 1. The topological polar surface area (TPSA) is 96.3 Å². The molecule has 0 aliphatic carbocycles. The number of aliphatic hydroxyl groups excluding tert-OH is 1. The van der Waals surface area contributed by atoms with Gasteiger partial charge in [0.1, 0.15) is 11.5 Å². The third-order valence-electron chi connectivity index (χ3n) is 3.71. The maximum Gasteiger partial charge on any atom is 0.234 e. The number of allylic oxidation sites excluding steroid dienone is 1. The molecule has 118 valence electrons. The summed E-state index contributed by atoms with van der Waals surface area (Å²) in [7, 11) is 0. The standard InChI is InChI=1S/C16H13FN4O.H2O/c17-10-5-7-11(8-6-10)20-16(22)15-9-13(18)12-3-1-2-4-14(12)21(15)19-20;/h1-9,19,22H,18H2;1H2. The van der Waals surface area contributed by atoms with Gasteiger partial charge < -0.3 is 16.3 Å². The van der Waals surface area contributed by atoms with Crippen molar-refractivity contribution >= 4 is 17.1 Å². The first kappa shape index (κ1) is 14.9. The molecule has 0 bridgehead atoms. The van der Waals surface area contributed by atoms with E-state index in [1.165, 1.54) is 17.1 Å². The Morgan fingerprint density at radius 2 is 1.70 bits per heavy atom. The van der Waals surface area contributed by atoms with E-state index in [0.29, 0.717) is 17.1 Å². The summed E-state index contributed by atoms with van der Waals surface area (Å²) in [4.78, 5) is 0. The first-order chi connectivity index (χ1) is 10.6. The molecule has 2 aromatic rings. The number of nitrogens with two attached hydrogens (primary N) is 1. The summed E-state index contributed by atoms with van der Waals surface area (Å²) >= 11 is 0. The Labute approximate surface area is 131 Å². The van der Waals surface area contributed by atoms with E-state index in [2.05, 4.69) is 5.53 Å². The van der Waals surface area contributed by atoms with Gasteiger partial charge in [0.05, 0.1) is 11.4 Å². The molecule has 0 aromatic heterocycles. The number of fused-ring (bicyclic) bond motifs is 3. The van der Waals surface area contributed by atoms with Crippen LogP contribution in [0.4, 0.5) is 15.8 Å². The van der Waals surface area contributed by atoms with Crippen molar-refractivity contribution in [2.45, 2.75) is 0 Å². The molecule has 6 nitrogen and oxygen atoms in total. The van der Waals surface area contributed by atoms with Crippen LogP contribution in [0.15, 0.2) is 66.2 Å². The molecule has 7 heteroatoms. The normalized spacial score (nSPS) is 15.8. The van der Waals surface area contributed by atoms with Gasteiger partial charge in [0.25, 0.3) is 0 Å². The highest BCUT2D eigenvalue weighted by Crippen LogP contribution is 2.37. The van der Waals surface area contributed by atoms with E-state index in [4.69, 9.17) is 5.73 Å². The van der Waals surface area contributed by atoms with Crippen LogP contribution in [0, 0.1) is 5.82 Å². The smallest absolute Gasteiger partial charge is 0.234 e. The van der Waals surface area contributed by atoms with Gasteiger partial charge >= 0.3 is 0 Å². The number of nitrogens with one attached hydrogen (secondary N) is 1. The fourth-order valence-corrected chi connectivity index (χ4v) is 2.64. The zero-order valence-corrected chi connectivity index (χ0v) is 12.0. The second-order valence-corrected chi connectivity index (χ2v) is 5.07. The molecule has 0 saturated carbocycles. The van der Waals surface area contributed by atoms with Crippen LogP contribution >= 0.6 is 0 Å². The van der Waals surface area contributed by atoms with Crippen LogP contribution in [0.1, 0.15) is 5.56 Å².